The fourth-order valence-electron chi connectivity index (χ4n) is 4.61. The van der Waals surface area contributed by atoms with E-state index in [4.69, 9.17) is 18.7 Å². The summed E-state index contributed by atoms with van der Waals surface area (Å²) >= 11 is 1.48. The molecule has 10 nitrogen and oxygen atoms in total. The van der Waals surface area contributed by atoms with E-state index in [1.165, 1.54) is 11.3 Å². The van der Waals surface area contributed by atoms with Crippen LogP contribution in [0.4, 0.5) is 11.4 Å². The summed E-state index contributed by atoms with van der Waals surface area (Å²) in [5.41, 5.74) is 4.47. The van der Waals surface area contributed by atoms with E-state index < -0.39 is 11.8 Å². The van der Waals surface area contributed by atoms with E-state index in [0.717, 1.165) is 27.2 Å². The van der Waals surface area contributed by atoms with Crippen LogP contribution in [0.2, 0.25) is 0 Å². The van der Waals surface area contributed by atoms with Crippen molar-refractivity contribution >= 4 is 43.9 Å². The molecule has 0 saturated carbocycles. The summed E-state index contributed by atoms with van der Waals surface area (Å²) in [7, 11) is 1.62. The van der Waals surface area contributed by atoms with E-state index >= 15 is 0 Å². The number of aromatic nitrogens is 3. The second kappa shape index (κ2) is 11.2. The first-order valence-corrected chi connectivity index (χ1v) is 14.2. The molecule has 6 aromatic rings. The maximum Gasteiger partial charge on any atom is 0.357 e. The first-order valence-electron chi connectivity index (χ1n) is 13.4. The van der Waals surface area contributed by atoms with E-state index in [0.29, 0.717) is 40.2 Å². The van der Waals surface area contributed by atoms with Gasteiger partial charge in [-0.1, -0.05) is 46.8 Å². The van der Waals surface area contributed by atoms with Gasteiger partial charge in [0.05, 0.1) is 23.0 Å². The molecule has 11 heteroatoms. The second-order valence-corrected chi connectivity index (χ2v) is 10.7. The van der Waals surface area contributed by atoms with Crippen LogP contribution in [0, 0.1) is 6.92 Å². The second-order valence-electron chi connectivity index (χ2n) is 9.66. The van der Waals surface area contributed by atoms with E-state index in [1.807, 2.05) is 91.0 Å². The van der Waals surface area contributed by atoms with Crippen molar-refractivity contribution in [2.24, 2.45) is 0 Å². The fraction of sp³-hybridized carbons (Fsp3) is 0.194. The van der Waals surface area contributed by atoms with Crippen molar-refractivity contribution in [3.05, 3.63) is 90.4 Å². The fourth-order valence-corrected chi connectivity index (χ4v) is 5.64. The van der Waals surface area contributed by atoms with Gasteiger partial charge in [-0.3, -0.25) is 4.40 Å². The maximum atomic E-state index is 12.3. The SMILES string of the molecule is CCOC(=O)c1cnc2sc3cc(Oc4ccc(NC(C)(Nc5c(-c6ccccc6)noc5C)OC)cc4)ccc3n12. The molecule has 6 rings (SSSR count). The van der Waals surface area contributed by atoms with Crippen LogP contribution in [0.1, 0.15) is 30.1 Å². The van der Waals surface area contributed by atoms with Crippen molar-refractivity contribution < 1.29 is 23.5 Å². The van der Waals surface area contributed by atoms with Crippen LogP contribution in [0.15, 0.2) is 83.5 Å². The number of fused-ring (bicyclic) bond motifs is 3. The van der Waals surface area contributed by atoms with Crippen molar-refractivity contribution in [2.75, 3.05) is 24.4 Å². The number of thiazole rings is 1. The third kappa shape index (κ3) is 5.27. The van der Waals surface area contributed by atoms with Gasteiger partial charge in [0, 0.05) is 31.4 Å². The summed E-state index contributed by atoms with van der Waals surface area (Å²) in [5, 5.41) is 11.1. The van der Waals surface area contributed by atoms with Crippen LogP contribution in [-0.2, 0) is 9.47 Å². The van der Waals surface area contributed by atoms with Gasteiger partial charge in [-0.05, 0) is 50.2 Å². The number of carbonyl (C=O) groups excluding carboxylic acids is 1. The Bertz CT molecular complexity index is 1860. The first kappa shape index (κ1) is 27.3. The highest BCUT2D eigenvalue weighted by atomic mass is 32.1. The zero-order valence-corrected chi connectivity index (χ0v) is 24.3. The Morgan fingerprint density at radius 3 is 2.55 bits per heavy atom. The monoisotopic (exact) mass is 583 g/mol. The third-order valence-electron chi connectivity index (χ3n) is 6.74. The van der Waals surface area contributed by atoms with Gasteiger partial charge < -0.3 is 29.4 Å². The Morgan fingerprint density at radius 2 is 1.81 bits per heavy atom. The topological polar surface area (TPSA) is 112 Å². The lowest BCUT2D eigenvalue weighted by atomic mass is 10.1. The normalized spacial score (nSPS) is 12.8. The number of nitrogens with zero attached hydrogens (tertiary/aromatic N) is 3. The minimum Gasteiger partial charge on any atom is -0.461 e. The standard InChI is InChI=1S/C31H29N5O5S/c1-5-39-29(37)25-18-32-30-36(25)24-16-15-23(17-26(24)42-30)40-22-13-11-21(12-14-22)33-31(3,38-4)34-27-19(2)41-35-28(27)20-9-7-6-8-10-20/h6-18,33-34H,5H2,1-4H3. The van der Waals surface area contributed by atoms with Crippen LogP contribution in [0.3, 0.4) is 0 Å². The highest BCUT2D eigenvalue weighted by Gasteiger charge is 2.28. The van der Waals surface area contributed by atoms with Gasteiger partial charge in [0.2, 0.25) is 5.85 Å². The van der Waals surface area contributed by atoms with Gasteiger partial charge in [0.25, 0.3) is 0 Å². The molecule has 0 saturated heterocycles. The van der Waals surface area contributed by atoms with Crippen LogP contribution in [0.25, 0.3) is 26.4 Å². The highest BCUT2D eigenvalue weighted by molar-refractivity contribution is 7.23. The summed E-state index contributed by atoms with van der Waals surface area (Å²) in [6, 6.07) is 23.1. The molecule has 0 bridgehead atoms. The van der Waals surface area contributed by atoms with Crippen LogP contribution < -0.4 is 15.4 Å². The zero-order valence-electron chi connectivity index (χ0n) is 23.5. The molecular weight excluding hydrogens is 554 g/mol. The molecule has 0 fully saturated rings. The zero-order chi connectivity index (χ0) is 29.3. The third-order valence-corrected chi connectivity index (χ3v) is 7.76. The number of esters is 1. The van der Waals surface area contributed by atoms with Crippen molar-refractivity contribution in [2.45, 2.75) is 26.6 Å². The van der Waals surface area contributed by atoms with Crippen molar-refractivity contribution in [1.29, 1.82) is 0 Å². The number of nitrogens with one attached hydrogen (secondary N) is 2. The van der Waals surface area contributed by atoms with E-state index in [9.17, 15) is 4.79 Å². The molecule has 214 valence electrons. The lowest BCUT2D eigenvalue weighted by molar-refractivity contribution is 0.0518. The molecular formula is C31H29N5O5S. The molecule has 3 aromatic heterocycles. The number of hydrogen-bond donors (Lipinski definition) is 2. The molecule has 0 spiro atoms. The lowest BCUT2D eigenvalue weighted by Gasteiger charge is -2.32. The number of methoxy groups -OCH3 is 1. The lowest BCUT2D eigenvalue weighted by Crippen LogP contribution is -2.45. The van der Waals surface area contributed by atoms with Gasteiger partial charge >= 0.3 is 5.97 Å². The minimum atomic E-state index is -0.966. The summed E-state index contributed by atoms with van der Waals surface area (Å²) in [5.74, 6) is 0.626. The molecule has 3 aromatic carbocycles. The first-order chi connectivity index (χ1) is 20.4. The Labute approximate surface area is 245 Å². The molecule has 0 aliphatic heterocycles. The Hall–Kier alpha value is -4.87. The average molecular weight is 584 g/mol. The number of rotatable bonds is 10. The van der Waals surface area contributed by atoms with Crippen molar-refractivity contribution in [3.8, 4) is 22.8 Å². The highest BCUT2D eigenvalue weighted by Crippen LogP contribution is 2.34. The van der Waals surface area contributed by atoms with Crippen LogP contribution >= 0.6 is 11.3 Å². The number of hydrogen-bond acceptors (Lipinski definition) is 10. The predicted octanol–water partition coefficient (Wildman–Crippen LogP) is 7.33. The molecule has 1 unspecified atom stereocenters. The Kier molecular flexibility index (Phi) is 7.27. The van der Waals surface area contributed by atoms with Crippen LogP contribution in [0.5, 0.6) is 11.5 Å². The van der Waals surface area contributed by atoms with E-state index in [-0.39, 0.29) is 0 Å². The number of carbonyl (C=O) groups is 1. The van der Waals surface area contributed by atoms with E-state index in [2.05, 4.69) is 20.8 Å². The van der Waals surface area contributed by atoms with Crippen molar-refractivity contribution in [3.63, 3.8) is 0 Å². The summed E-state index contributed by atoms with van der Waals surface area (Å²) in [6.45, 7) is 5.83. The van der Waals surface area contributed by atoms with Crippen LogP contribution in [-0.4, -0.2) is 40.1 Å². The summed E-state index contributed by atoms with van der Waals surface area (Å²) in [4.78, 5) is 17.4. The number of imidazole rings is 1. The molecule has 3 heterocycles. The molecule has 42 heavy (non-hydrogen) atoms. The molecule has 0 amide bonds. The predicted molar refractivity (Wildman–Crippen MR) is 162 cm³/mol. The number of ether oxygens (including phenoxy) is 3. The number of aryl methyl sites for hydroxylation is 1. The quantitative estimate of drug-likeness (QED) is 0.126. The Balaban J connectivity index is 1.17. The Morgan fingerprint density at radius 1 is 1.05 bits per heavy atom. The van der Waals surface area contributed by atoms with Gasteiger partial charge in [-0.25, -0.2) is 9.78 Å². The molecule has 1 atom stereocenters. The smallest absolute Gasteiger partial charge is 0.357 e. The van der Waals surface area contributed by atoms with Gasteiger partial charge in [-0.15, -0.1) is 0 Å². The molecule has 0 radical (unpaired) electrons. The number of benzene rings is 3. The van der Waals surface area contributed by atoms with Gasteiger partial charge in [-0.2, -0.15) is 0 Å². The largest absolute Gasteiger partial charge is 0.461 e. The average Bonchev–Trinajstić information content (AvgIpc) is 3.68. The molecule has 0 aliphatic rings. The maximum absolute atomic E-state index is 12.3. The molecule has 0 aliphatic carbocycles. The molecule has 2 N–H and O–H groups in total. The minimum absolute atomic E-state index is 0.304. The summed E-state index contributed by atoms with van der Waals surface area (Å²) in [6.07, 6.45) is 1.54. The van der Waals surface area contributed by atoms with E-state index in [1.54, 1.807) is 20.2 Å². The number of anilines is 2. The van der Waals surface area contributed by atoms with Gasteiger partial charge in [0.1, 0.15) is 22.9 Å². The van der Waals surface area contributed by atoms with Crippen molar-refractivity contribution in [1.82, 2.24) is 14.5 Å². The van der Waals surface area contributed by atoms with Gasteiger partial charge in [0.15, 0.2) is 16.4 Å². The summed E-state index contributed by atoms with van der Waals surface area (Å²) < 4.78 is 25.4.